The lowest BCUT2D eigenvalue weighted by Crippen LogP contribution is -3.00. The number of carbonyl (C=O) groups excluding carboxylic acids is 2. The molecule has 1 aliphatic rings. The zero-order valence-corrected chi connectivity index (χ0v) is 29.5. The van der Waals surface area contributed by atoms with Crippen LogP contribution in [-0.2, 0) is 11.2 Å². The zero-order chi connectivity index (χ0) is 29.5. The first kappa shape index (κ1) is 38.9. The molecule has 0 unspecified atom stereocenters. The van der Waals surface area contributed by atoms with Crippen molar-refractivity contribution >= 4 is 23.5 Å². The summed E-state index contributed by atoms with van der Waals surface area (Å²) in [6.45, 7) is 7.34. The van der Waals surface area contributed by atoms with Gasteiger partial charge >= 0.3 is 12.2 Å². The van der Waals surface area contributed by atoms with E-state index >= 15 is 0 Å². The Morgan fingerprint density at radius 3 is 1.81 bits per heavy atom. The molecule has 0 spiro atoms. The number of rotatable bonds is 23. The van der Waals surface area contributed by atoms with Crippen molar-refractivity contribution in [2.24, 2.45) is 5.92 Å². The van der Waals surface area contributed by atoms with Gasteiger partial charge in [-0.2, -0.15) is 4.79 Å². The first-order valence-corrected chi connectivity index (χ1v) is 18.1. The first-order chi connectivity index (χ1) is 20.1. The first-order valence-electron chi connectivity index (χ1n) is 17.2. The summed E-state index contributed by atoms with van der Waals surface area (Å²) >= 11 is 1.39. The van der Waals surface area contributed by atoms with Gasteiger partial charge in [0.25, 0.3) is 10.1 Å². The van der Waals surface area contributed by atoms with Crippen molar-refractivity contribution < 1.29 is 40.6 Å². The van der Waals surface area contributed by atoms with E-state index < -0.39 is 6.09 Å². The summed E-state index contributed by atoms with van der Waals surface area (Å²) in [4.78, 5) is 25.4. The number of carbonyl (C=O) groups is 2. The molecule has 1 saturated carbocycles. The lowest BCUT2D eigenvalue weighted by molar-refractivity contribution is -0.595. The van der Waals surface area contributed by atoms with E-state index in [-0.39, 0.29) is 23.1 Å². The third kappa shape index (κ3) is 16.6. The Hall–Kier alpha value is -1.15. The Labute approximate surface area is 271 Å². The van der Waals surface area contributed by atoms with Crippen molar-refractivity contribution in [3.63, 3.8) is 0 Å². The highest BCUT2D eigenvalue weighted by molar-refractivity contribution is 7.13. The second kappa shape index (κ2) is 25.2. The molecule has 1 aromatic heterocycles. The van der Waals surface area contributed by atoms with Crippen molar-refractivity contribution in [1.82, 2.24) is 5.32 Å². The van der Waals surface area contributed by atoms with Gasteiger partial charge in [-0.25, -0.2) is 4.79 Å². The van der Waals surface area contributed by atoms with E-state index in [4.69, 9.17) is 9.47 Å². The quantitative estimate of drug-likeness (QED) is 0.0985. The Morgan fingerprint density at radius 1 is 0.786 bits per heavy atom. The standard InChI is InChI=1S/C34H60N2O4S.BrH/c1-4-6-8-9-10-11-12-13-14-15-16-17-18-19-20-23-27-35-33(37)40-32-29(3)36(31(41-32)26-7-5-2)34(38)39-28-30-24-21-22-25-30;/h30H,4-28H2,1-3H3;1H. The maximum absolute atomic E-state index is 12.9. The molecule has 0 radical (unpaired) electrons. The molecule has 0 bridgehead atoms. The maximum Gasteiger partial charge on any atom is 0.603 e. The van der Waals surface area contributed by atoms with Gasteiger partial charge in [-0.1, -0.05) is 134 Å². The van der Waals surface area contributed by atoms with Crippen LogP contribution in [0.3, 0.4) is 0 Å². The minimum Gasteiger partial charge on any atom is -1.00 e. The number of aromatic nitrogens is 1. The third-order valence-corrected chi connectivity index (χ3v) is 9.61. The number of ether oxygens (including phenoxy) is 2. The van der Waals surface area contributed by atoms with Crippen molar-refractivity contribution in [2.75, 3.05) is 13.2 Å². The zero-order valence-electron chi connectivity index (χ0n) is 27.1. The SMILES string of the molecule is CCCCCCCCCCCCCCCCCCNC(=O)Oc1sc(CCCC)[n+](C(=O)OCC2CCCC2)c1C.[Br-]. The second-order valence-electron chi connectivity index (χ2n) is 12.2. The van der Waals surface area contributed by atoms with Crippen LogP contribution in [0.25, 0.3) is 0 Å². The lowest BCUT2D eigenvalue weighted by atomic mass is 10.0. The molecule has 42 heavy (non-hydrogen) atoms. The van der Waals surface area contributed by atoms with Crippen molar-refractivity contribution in [1.29, 1.82) is 0 Å². The summed E-state index contributed by atoms with van der Waals surface area (Å²) in [6, 6.07) is 0. The lowest BCUT2D eigenvalue weighted by Gasteiger charge is -2.07. The third-order valence-electron chi connectivity index (χ3n) is 8.42. The average molecular weight is 674 g/mol. The molecule has 0 atom stereocenters. The molecule has 0 aromatic carbocycles. The van der Waals surface area contributed by atoms with Gasteiger partial charge in [0, 0.05) is 19.9 Å². The van der Waals surface area contributed by atoms with Gasteiger partial charge in [0.1, 0.15) is 6.61 Å². The number of nitrogens with zero attached hydrogens (tertiary/aromatic N) is 1. The molecule has 1 fully saturated rings. The van der Waals surface area contributed by atoms with Crippen molar-refractivity contribution in [2.45, 2.75) is 168 Å². The van der Waals surface area contributed by atoms with Gasteiger partial charge in [-0.05, 0) is 42.9 Å². The maximum atomic E-state index is 12.9. The van der Waals surface area contributed by atoms with Crippen LogP contribution >= 0.6 is 11.3 Å². The fourth-order valence-electron chi connectivity index (χ4n) is 5.74. The molecular weight excluding hydrogens is 612 g/mol. The highest BCUT2D eigenvalue weighted by atomic mass is 79.9. The molecule has 1 amide bonds. The number of hydrogen-bond acceptors (Lipinski definition) is 5. The Bertz CT molecular complexity index is 842. The van der Waals surface area contributed by atoms with Gasteiger partial charge in [0.15, 0.2) is 0 Å². The topological polar surface area (TPSA) is 68.5 Å². The van der Waals surface area contributed by atoms with E-state index in [0.717, 1.165) is 50.0 Å². The van der Waals surface area contributed by atoms with Crippen LogP contribution in [0.4, 0.5) is 9.59 Å². The summed E-state index contributed by atoms with van der Waals surface area (Å²) in [5.74, 6) is 0.476. The van der Waals surface area contributed by atoms with E-state index in [1.165, 1.54) is 114 Å². The molecule has 0 aliphatic heterocycles. The summed E-state index contributed by atoms with van der Waals surface area (Å²) in [6.07, 6.45) is 28.0. The van der Waals surface area contributed by atoms with Gasteiger partial charge in [0.05, 0.1) is 0 Å². The monoisotopic (exact) mass is 672 g/mol. The number of thiazole rings is 1. The molecule has 244 valence electrons. The molecule has 0 saturated heterocycles. The van der Waals surface area contributed by atoms with Gasteiger partial charge < -0.3 is 31.8 Å². The van der Waals surface area contributed by atoms with Crippen molar-refractivity contribution in [3.05, 3.63) is 10.7 Å². The van der Waals surface area contributed by atoms with Crippen LogP contribution in [0.2, 0.25) is 0 Å². The van der Waals surface area contributed by atoms with Crippen LogP contribution in [0.5, 0.6) is 5.06 Å². The van der Waals surface area contributed by atoms with Crippen LogP contribution in [0.1, 0.15) is 166 Å². The molecule has 8 heteroatoms. The van der Waals surface area contributed by atoms with E-state index in [2.05, 4.69) is 19.2 Å². The summed E-state index contributed by atoms with van der Waals surface area (Å²) in [7, 11) is 0. The number of amides is 1. The Balaban J connectivity index is 0.00000882. The number of nitrogens with one attached hydrogen (secondary N) is 1. The fourth-order valence-corrected chi connectivity index (χ4v) is 6.86. The molecule has 6 nitrogen and oxygen atoms in total. The molecule has 1 heterocycles. The largest absolute Gasteiger partial charge is 1.00 e. The molecule has 2 rings (SSSR count). The second-order valence-corrected chi connectivity index (χ2v) is 13.2. The highest BCUT2D eigenvalue weighted by Gasteiger charge is 2.34. The number of aryl methyl sites for hydroxylation is 1. The van der Waals surface area contributed by atoms with Crippen LogP contribution in [0.15, 0.2) is 0 Å². The van der Waals surface area contributed by atoms with Gasteiger partial charge in [0.2, 0.25) is 5.69 Å². The van der Waals surface area contributed by atoms with E-state index in [9.17, 15) is 9.59 Å². The minimum atomic E-state index is -0.441. The Morgan fingerprint density at radius 2 is 1.29 bits per heavy atom. The molecule has 1 aromatic rings. The molecule has 1 N–H and O–H groups in total. The van der Waals surface area contributed by atoms with Gasteiger partial charge in [-0.3, -0.25) is 0 Å². The average Bonchev–Trinajstić information content (AvgIpc) is 3.60. The van der Waals surface area contributed by atoms with Crippen LogP contribution < -0.4 is 31.6 Å². The highest BCUT2D eigenvalue weighted by Crippen LogP contribution is 2.28. The van der Waals surface area contributed by atoms with Crippen molar-refractivity contribution in [3.8, 4) is 5.06 Å². The number of unbranched alkanes of at least 4 members (excludes halogenated alkanes) is 16. The predicted octanol–water partition coefficient (Wildman–Crippen LogP) is 7.22. The van der Waals surface area contributed by atoms with E-state index in [1.807, 2.05) is 6.92 Å². The minimum absolute atomic E-state index is 0. The summed E-state index contributed by atoms with van der Waals surface area (Å²) < 4.78 is 12.9. The normalized spacial score (nSPS) is 13.2. The predicted molar refractivity (Wildman–Crippen MR) is 170 cm³/mol. The number of hydrogen-bond donors (Lipinski definition) is 1. The fraction of sp³-hybridized carbons (Fsp3) is 0.853. The van der Waals surface area contributed by atoms with Crippen LogP contribution in [0, 0.1) is 12.8 Å². The molecular formula is C34H61BrN2O4S. The van der Waals surface area contributed by atoms with E-state index in [0.29, 0.717) is 29.8 Å². The Kier molecular flexibility index (Phi) is 23.3. The summed E-state index contributed by atoms with van der Waals surface area (Å²) in [5, 5.41) is 4.27. The van der Waals surface area contributed by atoms with Crippen LogP contribution in [-0.4, -0.2) is 25.3 Å². The summed E-state index contributed by atoms with van der Waals surface area (Å²) in [5.41, 5.74) is 0.648. The van der Waals surface area contributed by atoms with Gasteiger partial charge in [-0.15, -0.1) is 0 Å². The van der Waals surface area contributed by atoms with E-state index in [1.54, 1.807) is 4.57 Å². The number of halogens is 1. The molecule has 1 aliphatic carbocycles. The smallest absolute Gasteiger partial charge is 0.603 e.